The number of nitrogens with zero attached hydrogens (tertiary/aromatic N) is 2. The molecule has 0 unspecified atom stereocenters. The maximum Gasteiger partial charge on any atom is 0.412 e. The summed E-state index contributed by atoms with van der Waals surface area (Å²) in [6.45, 7) is 9.17. The van der Waals surface area contributed by atoms with Crippen LogP contribution in [0.5, 0.6) is 0 Å². The van der Waals surface area contributed by atoms with Gasteiger partial charge < -0.3 is 28.6 Å². The van der Waals surface area contributed by atoms with Gasteiger partial charge in [0.1, 0.15) is 12.7 Å². The molecule has 3 heterocycles. The number of nitrogens with one attached hydrogen (secondary N) is 1. The highest BCUT2D eigenvalue weighted by Crippen LogP contribution is 2.47. The van der Waals surface area contributed by atoms with Crippen molar-refractivity contribution in [1.82, 2.24) is 4.90 Å². The number of benzene rings is 1. The summed E-state index contributed by atoms with van der Waals surface area (Å²) in [6, 6.07) is 5.60. The van der Waals surface area contributed by atoms with Crippen LogP contribution in [0.4, 0.5) is 16.2 Å². The Kier molecular flexibility index (Phi) is 12.6. The van der Waals surface area contributed by atoms with Crippen LogP contribution in [0.25, 0.3) is 0 Å². The quantitative estimate of drug-likeness (QED) is 0.109. The predicted molar refractivity (Wildman–Crippen MR) is 163 cm³/mol. The van der Waals surface area contributed by atoms with Crippen molar-refractivity contribution in [1.29, 1.82) is 0 Å². The SMILES string of the molecule is CCCCCCCCCCCCOC[C@@]12O[C@@H](CN3CCCC3)[C@@H](OC(=O)Nc3ccc([N+](=O)[O-])cc3)[C@@H]1OC(C)(C)O2. The zero-order chi connectivity index (χ0) is 30.7. The zero-order valence-corrected chi connectivity index (χ0v) is 26.2. The number of unbranched alkanes of at least 4 members (excludes halogenated alkanes) is 9. The van der Waals surface area contributed by atoms with Gasteiger partial charge in [0, 0.05) is 31.0 Å². The van der Waals surface area contributed by atoms with Crippen LogP contribution < -0.4 is 5.32 Å². The van der Waals surface area contributed by atoms with E-state index in [0.717, 1.165) is 38.8 Å². The molecular weight excluding hydrogens is 554 g/mol. The normalized spacial score (nSPS) is 26.4. The number of likely N-dealkylation sites (tertiary alicyclic amines) is 1. The summed E-state index contributed by atoms with van der Waals surface area (Å²) in [5.74, 6) is -2.13. The third-order valence-corrected chi connectivity index (χ3v) is 8.43. The van der Waals surface area contributed by atoms with Gasteiger partial charge in [-0.2, -0.15) is 0 Å². The maximum absolute atomic E-state index is 13.0. The molecule has 1 aromatic carbocycles. The number of nitro benzene ring substituents is 1. The van der Waals surface area contributed by atoms with Crippen LogP contribution in [0, 0.1) is 10.1 Å². The van der Waals surface area contributed by atoms with Crippen LogP contribution in [-0.4, -0.2) is 78.7 Å². The van der Waals surface area contributed by atoms with Crippen LogP contribution in [-0.2, 0) is 23.7 Å². The van der Waals surface area contributed by atoms with Crippen molar-refractivity contribution in [2.45, 2.75) is 128 Å². The van der Waals surface area contributed by atoms with Gasteiger partial charge in [-0.15, -0.1) is 0 Å². The molecular formula is C32H51N3O8. The van der Waals surface area contributed by atoms with E-state index in [-0.39, 0.29) is 12.3 Å². The number of hydrogen-bond donors (Lipinski definition) is 1. The molecule has 3 aliphatic heterocycles. The average Bonchev–Trinajstić information content (AvgIpc) is 3.63. The topological polar surface area (TPSA) is 122 Å². The summed E-state index contributed by atoms with van der Waals surface area (Å²) >= 11 is 0. The van der Waals surface area contributed by atoms with Gasteiger partial charge in [-0.05, 0) is 58.3 Å². The minimum Gasteiger partial charge on any atom is -0.440 e. The molecule has 0 aromatic heterocycles. The lowest BCUT2D eigenvalue weighted by Crippen LogP contribution is -2.46. The van der Waals surface area contributed by atoms with E-state index in [9.17, 15) is 14.9 Å². The molecule has 242 valence electrons. The molecule has 3 saturated heterocycles. The molecule has 3 fully saturated rings. The predicted octanol–water partition coefficient (Wildman–Crippen LogP) is 6.79. The Labute approximate surface area is 256 Å². The Morgan fingerprint density at radius 3 is 2.26 bits per heavy atom. The number of amides is 1. The van der Waals surface area contributed by atoms with E-state index in [1.54, 1.807) is 0 Å². The first-order valence-corrected chi connectivity index (χ1v) is 16.3. The summed E-state index contributed by atoms with van der Waals surface area (Å²) < 4.78 is 31.3. The number of anilines is 1. The molecule has 0 bridgehead atoms. The molecule has 11 nitrogen and oxygen atoms in total. The van der Waals surface area contributed by atoms with E-state index >= 15 is 0 Å². The van der Waals surface area contributed by atoms with Crippen LogP contribution >= 0.6 is 0 Å². The smallest absolute Gasteiger partial charge is 0.412 e. The van der Waals surface area contributed by atoms with Gasteiger partial charge in [0.15, 0.2) is 18.0 Å². The number of non-ortho nitro benzene ring substituents is 1. The average molecular weight is 606 g/mol. The number of hydrogen-bond acceptors (Lipinski definition) is 9. The summed E-state index contributed by atoms with van der Waals surface area (Å²) in [4.78, 5) is 25.8. The minimum absolute atomic E-state index is 0.0601. The van der Waals surface area contributed by atoms with Crippen molar-refractivity contribution in [3.63, 3.8) is 0 Å². The Hall–Kier alpha value is -2.31. The fourth-order valence-corrected chi connectivity index (χ4v) is 6.31. The number of ether oxygens (including phenoxy) is 5. The Balaban J connectivity index is 1.31. The minimum atomic E-state index is -1.19. The van der Waals surface area contributed by atoms with Gasteiger partial charge in [-0.1, -0.05) is 64.7 Å². The highest BCUT2D eigenvalue weighted by atomic mass is 16.9. The first kappa shape index (κ1) is 33.6. The first-order valence-electron chi connectivity index (χ1n) is 16.3. The molecule has 0 aliphatic carbocycles. The fraction of sp³-hybridized carbons (Fsp3) is 0.781. The van der Waals surface area contributed by atoms with Crippen LogP contribution in [0.15, 0.2) is 24.3 Å². The summed E-state index contributed by atoms with van der Waals surface area (Å²) in [5.41, 5.74) is 0.329. The lowest BCUT2D eigenvalue weighted by Gasteiger charge is -2.30. The fourth-order valence-electron chi connectivity index (χ4n) is 6.31. The van der Waals surface area contributed by atoms with Gasteiger partial charge in [-0.25, -0.2) is 4.79 Å². The number of carbonyl (C=O) groups excluding carboxylic acids is 1. The highest BCUT2D eigenvalue weighted by molar-refractivity contribution is 5.84. The van der Waals surface area contributed by atoms with Crippen molar-refractivity contribution in [3.05, 3.63) is 34.4 Å². The van der Waals surface area contributed by atoms with Crippen molar-refractivity contribution in [3.8, 4) is 0 Å². The second kappa shape index (κ2) is 16.1. The number of fused-ring (bicyclic) bond motifs is 1. The van der Waals surface area contributed by atoms with Crippen LogP contribution in [0.3, 0.4) is 0 Å². The van der Waals surface area contributed by atoms with Gasteiger partial charge in [0.2, 0.25) is 5.79 Å². The van der Waals surface area contributed by atoms with Crippen LogP contribution in [0.1, 0.15) is 97.8 Å². The van der Waals surface area contributed by atoms with Crippen molar-refractivity contribution < 1.29 is 33.4 Å². The van der Waals surface area contributed by atoms with Gasteiger partial charge in [-0.3, -0.25) is 15.4 Å². The van der Waals surface area contributed by atoms with Gasteiger partial charge >= 0.3 is 6.09 Å². The first-order chi connectivity index (χ1) is 20.7. The van der Waals surface area contributed by atoms with E-state index in [4.69, 9.17) is 23.7 Å². The number of carbonyl (C=O) groups is 1. The molecule has 11 heteroatoms. The third kappa shape index (κ3) is 9.84. The monoisotopic (exact) mass is 605 g/mol. The van der Waals surface area contributed by atoms with Crippen molar-refractivity contribution >= 4 is 17.5 Å². The Morgan fingerprint density at radius 2 is 1.63 bits per heavy atom. The van der Waals surface area contributed by atoms with Crippen molar-refractivity contribution in [2.24, 2.45) is 0 Å². The van der Waals surface area contributed by atoms with Crippen LogP contribution in [0.2, 0.25) is 0 Å². The van der Waals surface area contributed by atoms with E-state index < -0.39 is 40.9 Å². The Morgan fingerprint density at radius 1 is 1.00 bits per heavy atom. The molecule has 1 amide bonds. The largest absolute Gasteiger partial charge is 0.440 e. The third-order valence-electron chi connectivity index (χ3n) is 8.43. The van der Waals surface area contributed by atoms with E-state index in [1.165, 1.54) is 75.6 Å². The standard InChI is InChI=1S/C32H51N3O8/c1-4-5-6-7-8-9-10-11-12-15-22-39-24-32-29(42-31(2,3)43-32)28(27(41-32)23-34-20-13-14-21-34)40-30(36)33-25-16-18-26(19-17-25)35(37)38/h16-19,27-29H,4-15,20-24H2,1-3H3,(H,33,36)/t27-,28+,29-,32-/m0/s1. The maximum atomic E-state index is 13.0. The lowest BCUT2D eigenvalue weighted by molar-refractivity contribution is -0.384. The highest BCUT2D eigenvalue weighted by Gasteiger charge is 2.66. The molecule has 0 spiro atoms. The molecule has 1 aromatic rings. The van der Waals surface area contributed by atoms with E-state index in [0.29, 0.717) is 18.8 Å². The molecule has 43 heavy (non-hydrogen) atoms. The zero-order valence-electron chi connectivity index (χ0n) is 26.2. The number of nitro groups is 1. The second-order valence-electron chi connectivity index (χ2n) is 12.5. The molecule has 0 radical (unpaired) electrons. The van der Waals surface area contributed by atoms with Gasteiger partial charge in [0.25, 0.3) is 5.69 Å². The van der Waals surface area contributed by atoms with E-state index in [1.807, 2.05) is 13.8 Å². The summed E-state index contributed by atoms with van der Waals surface area (Å²) in [6.07, 6.45) is 12.2. The molecule has 4 atom stereocenters. The molecule has 3 aliphatic rings. The van der Waals surface area contributed by atoms with Crippen molar-refractivity contribution in [2.75, 3.05) is 38.2 Å². The number of rotatable bonds is 18. The lowest BCUT2D eigenvalue weighted by atomic mass is 10.0. The second-order valence-corrected chi connectivity index (χ2v) is 12.5. The molecule has 4 rings (SSSR count). The van der Waals surface area contributed by atoms with E-state index in [2.05, 4.69) is 17.1 Å². The Bertz CT molecular complexity index is 1020. The summed E-state index contributed by atoms with van der Waals surface area (Å²) in [7, 11) is 0. The van der Waals surface area contributed by atoms with Gasteiger partial charge in [0.05, 0.1) is 4.92 Å². The molecule has 1 N–H and O–H groups in total. The summed E-state index contributed by atoms with van der Waals surface area (Å²) in [5, 5.41) is 13.6. The molecule has 0 saturated carbocycles.